The second-order valence-corrected chi connectivity index (χ2v) is 3.18. The molecular weight excluding hydrogens is 168 g/mol. The lowest BCUT2D eigenvalue weighted by molar-refractivity contribution is -0.142. The van der Waals surface area contributed by atoms with Gasteiger partial charge in [0.25, 0.3) is 0 Å². The van der Waals surface area contributed by atoms with Gasteiger partial charge in [0.15, 0.2) is 0 Å². The fourth-order valence-electron chi connectivity index (χ4n) is 0.783. The van der Waals surface area contributed by atoms with Crippen LogP contribution in [0.25, 0.3) is 0 Å². The lowest BCUT2D eigenvalue weighted by atomic mass is 10.3. The van der Waals surface area contributed by atoms with E-state index in [1.54, 1.807) is 0 Å². The Balaban J connectivity index is 3.20. The van der Waals surface area contributed by atoms with Crippen LogP contribution in [0.1, 0.15) is 26.7 Å². The van der Waals surface area contributed by atoms with Crippen LogP contribution in [0, 0.1) is 0 Å². The average molecular weight is 188 g/mol. The zero-order valence-electron chi connectivity index (χ0n) is 8.51. The van der Waals surface area contributed by atoms with Gasteiger partial charge in [-0.25, -0.2) is 0 Å². The Bertz CT molecular complexity index is 138. The Morgan fingerprint density at radius 1 is 1.62 bits per heavy atom. The van der Waals surface area contributed by atoms with Crippen molar-refractivity contribution in [2.45, 2.75) is 32.7 Å². The zero-order chi connectivity index (χ0) is 10.1. The Labute approximate surface area is 79.8 Å². The van der Waals surface area contributed by atoms with Crippen molar-refractivity contribution < 1.29 is 9.53 Å². The molecule has 1 unspecified atom stereocenters. The fraction of sp³-hybridized carbons (Fsp3) is 0.889. The van der Waals surface area contributed by atoms with Crippen LogP contribution < -0.4 is 11.1 Å². The monoisotopic (exact) mass is 188 g/mol. The highest BCUT2D eigenvalue weighted by atomic mass is 16.5. The summed E-state index contributed by atoms with van der Waals surface area (Å²) in [5.41, 5.74) is 5.49. The van der Waals surface area contributed by atoms with Crippen LogP contribution in [0.3, 0.4) is 0 Å². The van der Waals surface area contributed by atoms with Gasteiger partial charge in [-0.2, -0.15) is 0 Å². The SMILES string of the molecule is CCCCOC(=O)CNCC(C)N. The third-order valence-electron chi connectivity index (χ3n) is 1.50. The van der Waals surface area contributed by atoms with Crippen molar-refractivity contribution in [1.82, 2.24) is 5.32 Å². The number of nitrogens with two attached hydrogens (primary N) is 1. The molecule has 13 heavy (non-hydrogen) atoms. The Morgan fingerprint density at radius 3 is 2.85 bits per heavy atom. The van der Waals surface area contributed by atoms with Crippen LogP contribution in [0.4, 0.5) is 0 Å². The second kappa shape index (κ2) is 8.01. The topological polar surface area (TPSA) is 64.3 Å². The molecular formula is C9H20N2O2. The van der Waals surface area contributed by atoms with E-state index in [9.17, 15) is 4.79 Å². The predicted octanol–water partition coefficient (Wildman–Crippen LogP) is 0.267. The van der Waals surface area contributed by atoms with Crippen molar-refractivity contribution in [3.63, 3.8) is 0 Å². The maximum atomic E-state index is 11.0. The molecule has 0 aromatic heterocycles. The summed E-state index contributed by atoms with van der Waals surface area (Å²) >= 11 is 0. The van der Waals surface area contributed by atoms with E-state index in [2.05, 4.69) is 12.2 Å². The number of esters is 1. The number of carbonyl (C=O) groups excluding carboxylic acids is 1. The van der Waals surface area contributed by atoms with E-state index in [4.69, 9.17) is 10.5 Å². The lowest BCUT2D eigenvalue weighted by Gasteiger charge is -2.07. The maximum absolute atomic E-state index is 11.0. The van der Waals surface area contributed by atoms with Crippen molar-refractivity contribution >= 4 is 5.97 Å². The standard InChI is InChI=1S/C9H20N2O2/c1-3-4-5-13-9(12)7-11-6-8(2)10/h8,11H,3-7,10H2,1-2H3. The second-order valence-electron chi connectivity index (χ2n) is 3.18. The fourth-order valence-corrected chi connectivity index (χ4v) is 0.783. The Morgan fingerprint density at radius 2 is 2.31 bits per heavy atom. The molecule has 4 nitrogen and oxygen atoms in total. The van der Waals surface area contributed by atoms with E-state index in [1.165, 1.54) is 0 Å². The number of hydrogen-bond acceptors (Lipinski definition) is 4. The first-order valence-corrected chi connectivity index (χ1v) is 4.78. The third-order valence-corrected chi connectivity index (χ3v) is 1.50. The first-order chi connectivity index (χ1) is 6.16. The minimum absolute atomic E-state index is 0.0726. The number of hydrogen-bond donors (Lipinski definition) is 2. The molecule has 4 heteroatoms. The van der Waals surface area contributed by atoms with Crippen LogP contribution in [0.2, 0.25) is 0 Å². The van der Waals surface area contributed by atoms with Gasteiger partial charge >= 0.3 is 5.97 Å². The molecule has 0 fully saturated rings. The molecule has 0 aliphatic heterocycles. The van der Waals surface area contributed by atoms with E-state index < -0.39 is 0 Å². The van der Waals surface area contributed by atoms with Crippen molar-refractivity contribution in [2.75, 3.05) is 19.7 Å². The van der Waals surface area contributed by atoms with E-state index >= 15 is 0 Å². The minimum atomic E-state index is -0.200. The van der Waals surface area contributed by atoms with Crippen LogP contribution in [0.15, 0.2) is 0 Å². The number of nitrogens with one attached hydrogen (secondary N) is 1. The smallest absolute Gasteiger partial charge is 0.319 e. The van der Waals surface area contributed by atoms with Crippen LogP contribution in [0.5, 0.6) is 0 Å². The molecule has 0 saturated heterocycles. The van der Waals surface area contributed by atoms with Crippen molar-refractivity contribution in [1.29, 1.82) is 0 Å². The highest BCUT2D eigenvalue weighted by Crippen LogP contribution is 1.87. The van der Waals surface area contributed by atoms with Gasteiger partial charge < -0.3 is 15.8 Å². The summed E-state index contributed by atoms with van der Waals surface area (Å²) in [6.07, 6.45) is 1.97. The summed E-state index contributed by atoms with van der Waals surface area (Å²) in [7, 11) is 0. The molecule has 0 aliphatic rings. The lowest BCUT2D eigenvalue weighted by Crippen LogP contribution is -2.34. The Kier molecular flexibility index (Phi) is 7.63. The summed E-state index contributed by atoms with van der Waals surface area (Å²) in [6.45, 7) is 5.36. The van der Waals surface area contributed by atoms with Crippen molar-refractivity contribution in [2.24, 2.45) is 5.73 Å². The molecule has 0 rings (SSSR count). The first kappa shape index (κ1) is 12.4. The molecule has 1 atom stereocenters. The molecule has 0 saturated carbocycles. The summed E-state index contributed by atoms with van der Waals surface area (Å²) < 4.78 is 4.92. The van der Waals surface area contributed by atoms with Gasteiger partial charge in [-0.1, -0.05) is 13.3 Å². The molecule has 0 aliphatic carbocycles. The largest absolute Gasteiger partial charge is 0.465 e. The molecule has 0 radical (unpaired) electrons. The molecule has 0 aromatic rings. The molecule has 0 aromatic carbocycles. The summed E-state index contributed by atoms with van der Waals surface area (Å²) in [5, 5.41) is 2.91. The minimum Gasteiger partial charge on any atom is -0.465 e. The first-order valence-electron chi connectivity index (χ1n) is 4.78. The van der Waals surface area contributed by atoms with Gasteiger partial charge in [0, 0.05) is 12.6 Å². The molecule has 0 amide bonds. The zero-order valence-corrected chi connectivity index (χ0v) is 8.51. The van der Waals surface area contributed by atoms with Gasteiger partial charge in [-0.3, -0.25) is 4.79 Å². The van der Waals surface area contributed by atoms with Crippen LogP contribution in [-0.2, 0) is 9.53 Å². The van der Waals surface area contributed by atoms with Crippen LogP contribution >= 0.6 is 0 Å². The predicted molar refractivity (Wildman–Crippen MR) is 52.4 cm³/mol. The molecule has 0 spiro atoms. The number of ether oxygens (including phenoxy) is 1. The number of carbonyl (C=O) groups is 1. The summed E-state index contributed by atoms with van der Waals surface area (Å²) in [5.74, 6) is -0.200. The quantitative estimate of drug-likeness (QED) is 0.444. The van der Waals surface area contributed by atoms with Crippen molar-refractivity contribution in [3.05, 3.63) is 0 Å². The van der Waals surface area contributed by atoms with Gasteiger partial charge in [-0.05, 0) is 13.3 Å². The third kappa shape index (κ3) is 9.30. The van der Waals surface area contributed by atoms with Gasteiger partial charge in [0.2, 0.25) is 0 Å². The van der Waals surface area contributed by atoms with Crippen LogP contribution in [-0.4, -0.2) is 31.7 Å². The summed E-state index contributed by atoms with van der Waals surface area (Å²) in [6, 6.07) is 0.0726. The number of unbranched alkanes of at least 4 members (excludes halogenated alkanes) is 1. The van der Waals surface area contributed by atoms with Gasteiger partial charge in [-0.15, -0.1) is 0 Å². The molecule has 3 N–H and O–H groups in total. The van der Waals surface area contributed by atoms with Gasteiger partial charge in [0.1, 0.15) is 0 Å². The molecule has 0 heterocycles. The van der Waals surface area contributed by atoms with E-state index in [-0.39, 0.29) is 18.6 Å². The van der Waals surface area contributed by atoms with Gasteiger partial charge in [0.05, 0.1) is 13.2 Å². The highest BCUT2D eigenvalue weighted by molar-refractivity contribution is 5.71. The van der Waals surface area contributed by atoms with Crippen molar-refractivity contribution in [3.8, 4) is 0 Å². The van der Waals surface area contributed by atoms with E-state index in [1.807, 2.05) is 6.92 Å². The van der Waals surface area contributed by atoms with E-state index in [0.717, 1.165) is 12.8 Å². The van der Waals surface area contributed by atoms with E-state index in [0.29, 0.717) is 13.2 Å². The molecule has 0 bridgehead atoms. The maximum Gasteiger partial charge on any atom is 0.319 e. The summed E-state index contributed by atoms with van der Waals surface area (Å²) in [4.78, 5) is 11.0. The average Bonchev–Trinajstić information content (AvgIpc) is 2.04. The number of rotatable bonds is 7. The normalized spacial score (nSPS) is 12.5. The molecule has 78 valence electrons. The highest BCUT2D eigenvalue weighted by Gasteiger charge is 2.01. The Hall–Kier alpha value is -0.610.